The number of phenolic OH excluding ortho intramolecular Hbond substituents is 1. The molecule has 4 heteroatoms. The Labute approximate surface area is 143 Å². The molecule has 0 spiro atoms. The van der Waals surface area contributed by atoms with Crippen molar-refractivity contribution < 1.29 is 19.4 Å². The summed E-state index contributed by atoms with van der Waals surface area (Å²) in [5.41, 5.74) is 1.08. The van der Waals surface area contributed by atoms with E-state index in [-0.39, 0.29) is 28.7 Å². The number of benzene rings is 1. The summed E-state index contributed by atoms with van der Waals surface area (Å²) in [6.07, 6.45) is 6.47. The van der Waals surface area contributed by atoms with E-state index in [0.717, 1.165) is 18.4 Å². The van der Waals surface area contributed by atoms with Gasteiger partial charge in [-0.1, -0.05) is 26.8 Å². The first-order valence-corrected chi connectivity index (χ1v) is 8.53. The topological polar surface area (TPSA) is 55.8 Å². The van der Waals surface area contributed by atoms with E-state index in [0.29, 0.717) is 11.7 Å². The van der Waals surface area contributed by atoms with Crippen molar-refractivity contribution in [3.63, 3.8) is 0 Å². The molecule has 2 aliphatic carbocycles. The van der Waals surface area contributed by atoms with Gasteiger partial charge in [-0.2, -0.15) is 0 Å². The van der Waals surface area contributed by atoms with Crippen LogP contribution in [-0.4, -0.2) is 24.3 Å². The fourth-order valence-electron chi connectivity index (χ4n) is 4.45. The molecule has 3 rings (SSSR count). The maximum atomic E-state index is 12.2. The Morgan fingerprint density at radius 3 is 2.67 bits per heavy atom. The van der Waals surface area contributed by atoms with Crippen LogP contribution in [0.5, 0.6) is 11.5 Å². The maximum Gasteiger partial charge on any atom is 0.331 e. The Morgan fingerprint density at radius 2 is 2.08 bits per heavy atom. The van der Waals surface area contributed by atoms with Crippen LogP contribution in [0.4, 0.5) is 0 Å². The second kappa shape index (κ2) is 5.83. The molecule has 1 aromatic carbocycles. The molecular formula is C20H26O4. The van der Waals surface area contributed by atoms with E-state index >= 15 is 0 Å². The summed E-state index contributed by atoms with van der Waals surface area (Å²) in [4.78, 5) is 12.2. The number of ether oxygens (including phenoxy) is 2. The molecule has 1 N–H and O–H groups in total. The van der Waals surface area contributed by atoms with E-state index in [1.165, 1.54) is 19.6 Å². The van der Waals surface area contributed by atoms with Gasteiger partial charge >= 0.3 is 5.97 Å². The van der Waals surface area contributed by atoms with Crippen LogP contribution >= 0.6 is 0 Å². The Bertz CT molecular complexity index is 676. The summed E-state index contributed by atoms with van der Waals surface area (Å²) in [5, 5.41) is 9.60. The summed E-state index contributed by atoms with van der Waals surface area (Å²) >= 11 is 0. The second-order valence-corrected chi connectivity index (χ2v) is 7.80. The Kier molecular flexibility index (Phi) is 4.10. The van der Waals surface area contributed by atoms with Crippen LogP contribution in [-0.2, 0) is 9.53 Å². The minimum atomic E-state index is -0.309. The van der Waals surface area contributed by atoms with Gasteiger partial charge < -0.3 is 14.6 Å². The zero-order chi connectivity index (χ0) is 17.5. The van der Waals surface area contributed by atoms with Crippen molar-refractivity contribution in [2.45, 2.75) is 46.1 Å². The average Bonchev–Trinajstić information content (AvgIpc) is 2.87. The van der Waals surface area contributed by atoms with Gasteiger partial charge in [-0.05, 0) is 54.4 Å². The van der Waals surface area contributed by atoms with E-state index in [1.807, 2.05) is 0 Å². The number of fused-ring (bicyclic) bond motifs is 2. The van der Waals surface area contributed by atoms with Crippen LogP contribution in [0.3, 0.4) is 0 Å². The van der Waals surface area contributed by atoms with Crippen LogP contribution in [0.1, 0.15) is 45.6 Å². The van der Waals surface area contributed by atoms with Crippen molar-refractivity contribution in [3.05, 3.63) is 29.8 Å². The summed E-state index contributed by atoms with van der Waals surface area (Å²) in [6, 6.07) is 4.95. The van der Waals surface area contributed by atoms with Gasteiger partial charge in [0.2, 0.25) is 0 Å². The van der Waals surface area contributed by atoms with E-state index in [2.05, 4.69) is 20.8 Å². The lowest BCUT2D eigenvalue weighted by atomic mass is 9.70. The van der Waals surface area contributed by atoms with Crippen molar-refractivity contribution in [2.24, 2.45) is 16.7 Å². The molecule has 3 atom stereocenters. The quantitative estimate of drug-likeness (QED) is 0.665. The first-order chi connectivity index (χ1) is 11.3. The van der Waals surface area contributed by atoms with Crippen molar-refractivity contribution in [1.29, 1.82) is 0 Å². The largest absolute Gasteiger partial charge is 0.504 e. The molecule has 1 aromatic rings. The number of hydrogen-bond donors (Lipinski definition) is 1. The molecule has 24 heavy (non-hydrogen) atoms. The monoisotopic (exact) mass is 330 g/mol. The first-order valence-electron chi connectivity index (χ1n) is 8.53. The summed E-state index contributed by atoms with van der Waals surface area (Å²) in [7, 11) is 1.49. The lowest BCUT2D eigenvalue weighted by Crippen LogP contribution is -2.38. The Morgan fingerprint density at radius 1 is 1.33 bits per heavy atom. The number of rotatable bonds is 4. The average molecular weight is 330 g/mol. The van der Waals surface area contributed by atoms with Crippen molar-refractivity contribution in [2.75, 3.05) is 7.11 Å². The highest BCUT2D eigenvalue weighted by Gasteiger charge is 2.62. The number of esters is 1. The molecule has 2 saturated carbocycles. The van der Waals surface area contributed by atoms with Gasteiger partial charge in [-0.25, -0.2) is 4.79 Å². The molecule has 0 unspecified atom stereocenters. The molecule has 0 amide bonds. The number of hydrogen-bond acceptors (Lipinski definition) is 4. The number of carbonyl (C=O) groups excluding carboxylic acids is 1. The van der Waals surface area contributed by atoms with Crippen LogP contribution in [0.2, 0.25) is 0 Å². The minimum Gasteiger partial charge on any atom is -0.504 e. The molecule has 2 bridgehead atoms. The SMILES string of the molecule is COc1cc(/C=C/C(=O)O[C@H]2C[C@H]3CC[C@]2(C)C3(C)C)ccc1O. The van der Waals surface area contributed by atoms with Crippen molar-refractivity contribution in [3.8, 4) is 11.5 Å². The third-order valence-corrected chi connectivity index (χ3v) is 6.59. The van der Waals surface area contributed by atoms with Gasteiger partial charge in [0.15, 0.2) is 11.5 Å². The molecule has 4 nitrogen and oxygen atoms in total. The normalized spacial score (nSPS) is 30.7. The third kappa shape index (κ3) is 2.58. The van der Waals surface area contributed by atoms with Gasteiger partial charge in [-0.3, -0.25) is 0 Å². The molecule has 2 fully saturated rings. The van der Waals surface area contributed by atoms with E-state index in [4.69, 9.17) is 9.47 Å². The lowest BCUT2D eigenvalue weighted by molar-refractivity contribution is -0.150. The molecule has 0 heterocycles. The molecule has 0 aliphatic heterocycles. The highest BCUT2D eigenvalue weighted by Crippen LogP contribution is 2.66. The molecule has 0 aromatic heterocycles. The molecular weight excluding hydrogens is 304 g/mol. The van der Waals surface area contributed by atoms with Gasteiger partial charge in [0.1, 0.15) is 6.10 Å². The highest BCUT2D eigenvalue weighted by atomic mass is 16.5. The molecule has 130 valence electrons. The Hall–Kier alpha value is -1.97. The van der Waals surface area contributed by atoms with Crippen LogP contribution in [0, 0.1) is 16.7 Å². The molecule has 0 radical (unpaired) electrons. The molecule has 0 saturated heterocycles. The van der Waals surface area contributed by atoms with E-state index < -0.39 is 0 Å². The predicted molar refractivity (Wildman–Crippen MR) is 92.8 cm³/mol. The van der Waals surface area contributed by atoms with Crippen molar-refractivity contribution >= 4 is 12.0 Å². The smallest absolute Gasteiger partial charge is 0.331 e. The Balaban J connectivity index is 1.67. The van der Waals surface area contributed by atoms with E-state index in [9.17, 15) is 9.90 Å². The third-order valence-electron chi connectivity index (χ3n) is 6.59. The molecule has 2 aliphatic rings. The number of aromatic hydroxyl groups is 1. The maximum absolute atomic E-state index is 12.2. The van der Waals surface area contributed by atoms with Crippen LogP contribution < -0.4 is 4.74 Å². The standard InChI is InChI=1S/C20H26O4/c1-19(2)14-9-10-20(19,3)17(12-14)24-18(22)8-6-13-5-7-15(21)16(11-13)23-4/h5-8,11,14,17,21H,9-10,12H2,1-4H3/b8-6+/t14-,17+,20+/m1/s1. The number of carbonyl (C=O) groups is 1. The minimum absolute atomic E-state index is 0.00208. The lowest BCUT2D eigenvalue weighted by Gasteiger charge is -2.38. The highest BCUT2D eigenvalue weighted by molar-refractivity contribution is 5.87. The van der Waals surface area contributed by atoms with Crippen molar-refractivity contribution in [1.82, 2.24) is 0 Å². The fraction of sp³-hybridized carbons (Fsp3) is 0.550. The van der Waals surface area contributed by atoms with Gasteiger partial charge in [0.05, 0.1) is 7.11 Å². The predicted octanol–water partition coefficient (Wildman–Crippen LogP) is 4.17. The first kappa shape index (κ1) is 16.9. The van der Waals surface area contributed by atoms with Crippen LogP contribution in [0.15, 0.2) is 24.3 Å². The zero-order valence-electron chi connectivity index (χ0n) is 14.8. The zero-order valence-corrected chi connectivity index (χ0v) is 14.8. The van der Waals surface area contributed by atoms with Gasteiger partial charge in [-0.15, -0.1) is 0 Å². The van der Waals surface area contributed by atoms with E-state index in [1.54, 1.807) is 24.3 Å². The van der Waals surface area contributed by atoms with Crippen LogP contribution in [0.25, 0.3) is 6.08 Å². The van der Waals surface area contributed by atoms with Gasteiger partial charge in [0, 0.05) is 11.5 Å². The number of phenols is 1. The van der Waals surface area contributed by atoms with Gasteiger partial charge in [0.25, 0.3) is 0 Å². The second-order valence-electron chi connectivity index (χ2n) is 7.80. The summed E-state index contributed by atoms with van der Waals surface area (Å²) < 4.78 is 10.8. The fourth-order valence-corrected chi connectivity index (χ4v) is 4.45. The summed E-state index contributed by atoms with van der Waals surface area (Å²) in [5.74, 6) is 0.796. The number of methoxy groups -OCH3 is 1. The summed E-state index contributed by atoms with van der Waals surface area (Å²) in [6.45, 7) is 6.86.